The first kappa shape index (κ1) is 22.2. The Labute approximate surface area is 185 Å². The second-order valence-corrected chi connectivity index (χ2v) is 7.11. The van der Waals surface area contributed by atoms with E-state index in [9.17, 15) is 0 Å². The third-order valence-electron chi connectivity index (χ3n) is 4.44. The highest BCUT2D eigenvalue weighted by Crippen LogP contribution is 2.37. The number of nitrogens with zero attached hydrogens (tertiary/aromatic N) is 3. The summed E-state index contributed by atoms with van der Waals surface area (Å²) in [5, 5.41) is 6.73. The Hall–Kier alpha value is -3.52. The maximum Gasteiger partial charge on any atom is 0.206 e. The van der Waals surface area contributed by atoms with Gasteiger partial charge in [-0.1, -0.05) is 6.08 Å². The van der Waals surface area contributed by atoms with Gasteiger partial charge in [0, 0.05) is 16.5 Å². The zero-order valence-corrected chi connectivity index (χ0v) is 18.8. The van der Waals surface area contributed by atoms with Gasteiger partial charge < -0.3 is 18.9 Å². The molecule has 8 heteroatoms. The van der Waals surface area contributed by atoms with Crippen LogP contribution in [0.15, 0.2) is 64.5 Å². The van der Waals surface area contributed by atoms with Crippen LogP contribution in [0, 0.1) is 0 Å². The number of thiazole rings is 1. The maximum absolute atomic E-state index is 5.44. The lowest BCUT2D eigenvalue weighted by Crippen LogP contribution is -2.12. The fraction of sp³-hybridized carbons (Fsp3) is 0.217. The summed E-state index contributed by atoms with van der Waals surface area (Å²) < 4.78 is 23.3. The molecule has 2 aromatic carbocycles. The predicted molar refractivity (Wildman–Crippen MR) is 124 cm³/mol. The largest absolute Gasteiger partial charge is 0.497 e. The van der Waals surface area contributed by atoms with Gasteiger partial charge in [0.05, 0.1) is 46.9 Å². The van der Waals surface area contributed by atoms with E-state index in [1.807, 2.05) is 41.8 Å². The molecule has 0 bridgehead atoms. The first-order chi connectivity index (χ1) is 15.1. The van der Waals surface area contributed by atoms with Crippen molar-refractivity contribution >= 4 is 17.6 Å². The van der Waals surface area contributed by atoms with Crippen LogP contribution in [0.25, 0.3) is 11.3 Å². The fourth-order valence-electron chi connectivity index (χ4n) is 2.92. The van der Waals surface area contributed by atoms with Crippen LogP contribution in [0.2, 0.25) is 0 Å². The number of hydrogen-bond donors (Lipinski definition) is 0. The minimum atomic E-state index is 0.502. The molecule has 1 aromatic heterocycles. The van der Waals surface area contributed by atoms with Gasteiger partial charge in [-0.3, -0.25) is 4.99 Å². The van der Waals surface area contributed by atoms with Crippen LogP contribution in [0.5, 0.6) is 23.0 Å². The second-order valence-electron chi connectivity index (χ2n) is 6.28. The average molecular weight is 440 g/mol. The lowest BCUT2D eigenvalue weighted by atomic mass is 10.2. The Morgan fingerprint density at radius 3 is 2.19 bits per heavy atom. The molecule has 0 fully saturated rings. The number of ether oxygens (including phenoxy) is 4. The molecule has 162 valence electrons. The highest BCUT2D eigenvalue weighted by Gasteiger charge is 2.13. The average Bonchev–Trinajstić information content (AvgIpc) is 3.23. The van der Waals surface area contributed by atoms with Gasteiger partial charge in [-0.25, -0.2) is 4.68 Å². The van der Waals surface area contributed by atoms with Crippen LogP contribution in [0.3, 0.4) is 0 Å². The number of aromatic nitrogens is 1. The molecule has 0 saturated carbocycles. The molecule has 7 nitrogen and oxygen atoms in total. The second kappa shape index (κ2) is 10.5. The van der Waals surface area contributed by atoms with Gasteiger partial charge in [0.15, 0.2) is 11.5 Å². The van der Waals surface area contributed by atoms with Crippen molar-refractivity contribution < 1.29 is 18.9 Å². The standard InChI is InChI=1S/C23H25N3O4S/c1-6-11-24-23-26(19(15-31-23)17-7-9-18(27-2)10-8-17)25-14-16-12-20(28-3)22(30-5)21(13-16)29-4/h6-10,12-15H,1,11H2,2-5H3. The number of methoxy groups -OCH3 is 4. The molecule has 3 rings (SSSR count). The number of hydrogen-bond acceptors (Lipinski definition) is 7. The van der Waals surface area contributed by atoms with E-state index in [-0.39, 0.29) is 0 Å². The molecule has 0 N–H and O–H groups in total. The van der Waals surface area contributed by atoms with E-state index in [1.54, 1.807) is 45.4 Å². The van der Waals surface area contributed by atoms with Gasteiger partial charge in [-0.05, 0) is 36.4 Å². The Bertz CT molecular complexity index is 1110. The van der Waals surface area contributed by atoms with Crippen molar-refractivity contribution in [2.75, 3.05) is 35.0 Å². The minimum absolute atomic E-state index is 0.502. The molecule has 0 aliphatic heterocycles. The van der Waals surface area contributed by atoms with Crippen molar-refractivity contribution in [1.82, 2.24) is 4.68 Å². The van der Waals surface area contributed by atoms with Gasteiger partial charge in [0.2, 0.25) is 10.6 Å². The summed E-state index contributed by atoms with van der Waals surface area (Å²) >= 11 is 1.51. The van der Waals surface area contributed by atoms with Gasteiger partial charge in [-0.15, -0.1) is 17.9 Å². The first-order valence-corrected chi connectivity index (χ1v) is 10.3. The lowest BCUT2D eigenvalue weighted by molar-refractivity contribution is 0.324. The maximum atomic E-state index is 5.44. The molecule has 0 amide bonds. The summed E-state index contributed by atoms with van der Waals surface area (Å²) in [5.74, 6) is 2.45. The Morgan fingerprint density at radius 1 is 0.968 bits per heavy atom. The predicted octanol–water partition coefficient (Wildman–Crippen LogP) is 4.22. The zero-order chi connectivity index (χ0) is 22.2. The SMILES string of the molecule is C=CCN=c1scc(-c2ccc(OC)cc2)n1N=Cc1cc(OC)c(OC)c(OC)c1. The molecule has 0 radical (unpaired) electrons. The molecular formula is C23H25N3O4S. The monoisotopic (exact) mass is 439 g/mol. The van der Waals surface area contributed by atoms with E-state index in [0.29, 0.717) is 23.8 Å². The molecule has 0 unspecified atom stereocenters. The van der Waals surface area contributed by atoms with Gasteiger partial charge in [0.25, 0.3) is 0 Å². The van der Waals surface area contributed by atoms with Crippen molar-refractivity contribution in [3.05, 3.63) is 64.8 Å². The Morgan fingerprint density at radius 2 is 1.65 bits per heavy atom. The van der Waals surface area contributed by atoms with Crippen LogP contribution in [0.1, 0.15) is 5.56 Å². The van der Waals surface area contributed by atoms with Crippen molar-refractivity contribution in [1.29, 1.82) is 0 Å². The summed E-state index contributed by atoms with van der Waals surface area (Å²) in [6.07, 6.45) is 3.48. The number of benzene rings is 2. The summed E-state index contributed by atoms with van der Waals surface area (Å²) in [6, 6.07) is 11.5. The molecular weight excluding hydrogens is 414 g/mol. The van der Waals surface area contributed by atoms with Crippen LogP contribution < -0.4 is 23.7 Å². The van der Waals surface area contributed by atoms with Crippen LogP contribution >= 0.6 is 11.3 Å². The zero-order valence-electron chi connectivity index (χ0n) is 18.0. The highest BCUT2D eigenvalue weighted by atomic mass is 32.1. The topological polar surface area (TPSA) is 66.6 Å². The normalized spacial score (nSPS) is 11.5. The van der Waals surface area contributed by atoms with Crippen molar-refractivity contribution in [3.8, 4) is 34.3 Å². The quantitative estimate of drug-likeness (QED) is 0.370. The van der Waals surface area contributed by atoms with Crippen LogP contribution in [0.4, 0.5) is 0 Å². The fourth-order valence-corrected chi connectivity index (χ4v) is 3.77. The van der Waals surface area contributed by atoms with Crippen molar-refractivity contribution in [3.63, 3.8) is 0 Å². The molecule has 0 aliphatic rings. The van der Waals surface area contributed by atoms with Crippen molar-refractivity contribution in [2.24, 2.45) is 10.1 Å². The van der Waals surface area contributed by atoms with E-state index in [0.717, 1.165) is 27.4 Å². The lowest BCUT2D eigenvalue weighted by Gasteiger charge is -2.12. The van der Waals surface area contributed by atoms with E-state index in [1.165, 1.54) is 11.3 Å². The van der Waals surface area contributed by atoms with Gasteiger partial charge in [-0.2, -0.15) is 5.10 Å². The van der Waals surface area contributed by atoms with Gasteiger partial charge in [0.1, 0.15) is 5.75 Å². The van der Waals surface area contributed by atoms with Crippen molar-refractivity contribution in [2.45, 2.75) is 0 Å². The van der Waals surface area contributed by atoms with E-state index in [2.05, 4.69) is 11.6 Å². The van der Waals surface area contributed by atoms with Crippen LogP contribution in [-0.4, -0.2) is 45.9 Å². The van der Waals surface area contributed by atoms with E-state index >= 15 is 0 Å². The summed E-state index contributed by atoms with van der Waals surface area (Å²) in [5.41, 5.74) is 2.71. The molecule has 0 aliphatic carbocycles. The highest BCUT2D eigenvalue weighted by molar-refractivity contribution is 7.07. The summed E-state index contributed by atoms with van der Waals surface area (Å²) in [4.78, 5) is 5.33. The smallest absolute Gasteiger partial charge is 0.206 e. The molecule has 1 heterocycles. The third-order valence-corrected chi connectivity index (χ3v) is 5.29. The van der Waals surface area contributed by atoms with E-state index < -0.39 is 0 Å². The third kappa shape index (κ3) is 4.97. The molecule has 0 spiro atoms. The first-order valence-electron chi connectivity index (χ1n) is 9.45. The molecule has 0 atom stereocenters. The van der Waals surface area contributed by atoms with E-state index in [4.69, 9.17) is 24.0 Å². The van der Waals surface area contributed by atoms with Gasteiger partial charge >= 0.3 is 0 Å². The Kier molecular flexibility index (Phi) is 7.50. The summed E-state index contributed by atoms with van der Waals surface area (Å²) in [6.45, 7) is 4.25. The summed E-state index contributed by atoms with van der Waals surface area (Å²) in [7, 11) is 6.39. The number of rotatable bonds is 9. The molecule has 3 aromatic rings. The molecule has 0 saturated heterocycles. The Balaban J connectivity index is 2.08. The molecule has 31 heavy (non-hydrogen) atoms. The van der Waals surface area contributed by atoms with Crippen LogP contribution in [-0.2, 0) is 0 Å². The minimum Gasteiger partial charge on any atom is -0.497 e.